The zero-order chi connectivity index (χ0) is 18.9. The largest absolute Gasteiger partial charge is 0.283 e. The van der Waals surface area contributed by atoms with Gasteiger partial charge in [-0.1, -0.05) is 56.6 Å². The lowest BCUT2D eigenvalue weighted by atomic mass is 9.72. The van der Waals surface area contributed by atoms with E-state index in [1.807, 2.05) is 24.3 Å². The van der Waals surface area contributed by atoms with Crippen LogP contribution in [0.4, 0.5) is 0 Å². The van der Waals surface area contributed by atoms with Crippen LogP contribution in [0.1, 0.15) is 37.6 Å². The summed E-state index contributed by atoms with van der Waals surface area (Å²) in [5.41, 5.74) is 1.92. The lowest BCUT2D eigenvalue weighted by Gasteiger charge is -2.33. The standard InChI is InChI=1S/C21H20ClN3OS/c1-21(2,3)11-8-9-14-15(10-11)27-19-16(14)20(26)25-18(23-19)13-7-5-4-6-12(13)17(22)24-25/h4-7,11H,8-10H2,1-3H3. The Morgan fingerprint density at radius 2 is 1.96 bits per heavy atom. The summed E-state index contributed by atoms with van der Waals surface area (Å²) < 4.78 is 1.38. The number of thiophene rings is 1. The summed E-state index contributed by atoms with van der Waals surface area (Å²) in [6.07, 6.45) is 3.06. The van der Waals surface area contributed by atoms with Crippen LogP contribution in [0.15, 0.2) is 29.1 Å². The van der Waals surface area contributed by atoms with E-state index < -0.39 is 0 Å². The van der Waals surface area contributed by atoms with Crippen LogP contribution < -0.4 is 5.56 Å². The fraction of sp³-hybridized carbons (Fsp3) is 0.381. The molecule has 27 heavy (non-hydrogen) atoms. The zero-order valence-electron chi connectivity index (χ0n) is 15.5. The van der Waals surface area contributed by atoms with Gasteiger partial charge in [0.05, 0.1) is 5.39 Å². The lowest BCUT2D eigenvalue weighted by molar-refractivity contribution is 0.218. The van der Waals surface area contributed by atoms with E-state index in [9.17, 15) is 4.79 Å². The highest BCUT2D eigenvalue weighted by Gasteiger charge is 2.32. The number of fused-ring (bicyclic) bond motifs is 6. The van der Waals surface area contributed by atoms with Gasteiger partial charge in [0.1, 0.15) is 4.83 Å². The molecule has 0 fully saturated rings. The lowest BCUT2D eigenvalue weighted by Crippen LogP contribution is -2.26. The van der Waals surface area contributed by atoms with Crippen LogP contribution >= 0.6 is 22.9 Å². The van der Waals surface area contributed by atoms with E-state index in [4.69, 9.17) is 16.6 Å². The van der Waals surface area contributed by atoms with Crippen LogP contribution in [0.2, 0.25) is 5.15 Å². The maximum absolute atomic E-state index is 13.3. The van der Waals surface area contributed by atoms with Crippen LogP contribution in [0.5, 0.6) is 0 Å². The fourth-order valence-corrected chi connectivity index (χ4v) is 5.75. The molecular weight excluding hydrogens is 378 g/mol. The van der Waals surface area contributed by atoms with Gasteiger partial charge in [-0.25, -0.2) is 4.98 Å². The van der Waals surface area contributed by atoms with Crippen LogP contribution in [0.3, 0.4) is 0 Å². The molecule has 0 saturated carbocycles. The van der Waals surface area contributed by atoms with Gasteiger partial charge in [-0.2, -0.15) is 9.61 Å². The Balaban J connectivity index is 1.83. The van der Waals surface area contributed by atoms with Gasteiger partial charge in [0.25, 0.3) is 5.56 Å². The molecule has 138 valence electrons. The Hall–Kier alpha value is -1.98. The molecule has 1 aliphatic carbocycles. The van der Waals surface area contributed by atoms with Gasteiger partial charge < -0.3 is 0 Å². The molecule has 1 aromatic carbocycles. The Labute approximate surface area is 165 Å². The van der Waals surface area contributed by atoms with E-state index in [0.29, 0.717) is 16.7 Å². The molecule has 5 rings (SSSR count). The smallest absolute Gasteiger partial charge is 0.267 e. The summed E-state index contributed by atoms with van der Waals surface area (Å²) in [5, 5.41) is 7.09. The number of aromatic nitrogens is 3. The fourth-order valence-electron chi connectivity index (χ4n) is 4.22. The molecule has 1 aliphatic rings. The van der Waals surface area contributed by atoms with E-state index in [1.54, 1.807) is 11.3 Å². The van der Waals surface area contributed by atoms with Crippen molar-refractivity contribution >= 4 is 49.6 Å². The topological polar surface area (TPSA) is 47.3 Å². The molecule has 0 spiro atoms. The summed E-state index contributed by atoms with van der Waals surface area (Å²) in [5.74, 6) is 0.628. The average molecular weight is 398 g/mol. The van der Waals surface area contributed by atoms with E-state index in [-0.39, 0.29) is 11.0 Å². The second-order valence-corrected chi connectivity index (χ2v) is 9.92. The Morgan fingerprint density at radius 3 is 2.70 bits per heavy atom. The minimum atomic E-state index is -0.102. The highest BCUT2D eigenvalue weighted by Crippen LogP contribution is 2.42. The van der Waals surface area contributed by atoms with Crippen molar-refractivity contribution in [2.24, 2.45) is 11.3 Å². The van der Waals surface area contributed by atoms with Gasteiger partial charge in [0.15, 0.2) is 10.8 Å². The first-order valence-electron chi connectivity index (χ1n) is 9.26. The van der Waals surface area contributed by atoms with E-state index in [2.05, 4.69) is 25.9 Å². The van der Waals surface area contributed by atoms with Gasteiger partial charge in [-0.05, 0) is 36.2 Å². The van der Waals surface area contributed by atoms with Crippen molar-refractivity contribution in [3.8, 4) is 0 Å². The van der Waals surface area contributed by atoms with Gasteiger partial charge in [0.2, 0.25) is 0 Å². The zero-order valence-corrected chi connectivity index (χ0v) is 17.1. The third-order valence-corrected chi connectivity index (χ3v) is 7.29. The van der Waals surface area contributed by atoms with Crippen molar-refractivity contribution < 1.29 is 0 Å². The van der Waals surface area contributed by atoms with E-state index in [1.165, 1.54) is 15.0 Å². The van der Waals surface area contributed by atoms with Gasteiger partial charge in [-0.15, -0.1) is 11.3 Å². The SMILES string of the molecule is CC(C)(C)C1CCc2c(sc3nc4c5ccccc5c(Cl)nn4c(=O)c23)C1. The third-order valence-electron chi connectivity index (χ3n) is 5.86. The molecule has 0 saturated heterocycles. The number of halogens is 1. The molecular formula is C21H20ClN3OS. The average Bonchev–Trinajstić information content (AvgIpc) is 3.00. The number of benzene rings is 1. The molecule has 6 heteroatoms. The molecule has 0 aliphatic heterocycles. The summed E-state index contributed by atoms with van der Waals surface area (Å²) in [7, 11) is 0. The van der Waals surface area contributed by atoms with E-state index >= 15 is 0 Å². The number of nitrogens with zero attached hydrogens (tertiary/aromatic N) is 3. The van der Waals surface area contributed by atoms with Crippen LogP contribution in [0, 0.1) is 11.3 Å². The second-order valence-electron chi connectivity index (χ2n) is 8.48. The third kappa shape index (κ3) is 2.52. The minimum absolute atomic E-state index is 0.102. The van der Waals surface area contributed by atoms with Crippen molar-refractivity contribution in [2.45, 2.75) is 40.0 Å². The maximum Gasteiger partial charge on any atom is 0.283 e. The second kappa shape index (κ2) is 5.76. The minimum Gasteiger partial charge on any atom is -0.267 e. The summed E-state index contributed by atoms with van der Waals surface area (Å²) >= 11 is 8.03. The number of aryl methyl sites for hydroxylation is 1. The van der Waals surface area contributed by atoms with Crippen molar-refractivity contribution in [1.29, 1.82) is 0 Å². The van der Waals surface area contributed by atoms with Crippen LogP contribution in [0.25, 0.3) is 26.6 Å². The normalized spacial score (nSPS) is 17.7. The molecule has 3 heterocycles. The highest BCUT2D eigenvalue weighted by molar-refractivity contribution is 7.18. The van der Waals surface area contributed by atoms with E-state index in [0.717, 1.165) is 40.3 Å². The molecule has 3 aromatic heterocycles. The van der Waals surface area contributed by atoms with Gasteiger partial charge in [0, 0.05) is 15.6 Å². The molecule has 1 atom stereocenters. The molecule has 1 unspecified atom stereocenters. The molecule has 0 amide bonds. The Bertz CT molecular complexity index is 1280. The first-order valence-corrected chi connectivity index (χ1v) is 10.5. The predicted molar refractivity (Wildman–Crippen MR) is 112 cm³/mol. The molecule has 0 N–H and O–H groups in total. The Kier molecular flexibility index (Phi) is 3.66. The number of hydrogen-bond acceptors (Lipinski definition) is 4. The van der Waals surface area contributed by atoms with Gasteiger partial charge >= 0.3 is 0 Å². The number of rotatable bonds is 0. The van der Waals surface area contributed by atoms with Crippen molar-refractivity contribution in [3.63, 3.8) is 0 Å². The maximum atomic E-state index is 13.3. The molecule has 0 radical (unpaired) electrons. The van der Waals surface area contributed by atoms with Gasteiger partial charge in [-0.3, -0.25) is 4.79 Å². The summed E-state index contributed by atoms with van der Waals surface area (Å²) in [6.45, 7) is 6.90. The Morgan fingerprint density at radius 1 is 1.22 bits per heavy atom. The molecule has 0 bridgehead atoms. The monoisotopic (exact) mass is 397 g/mol. The van der Waals surface area contributed by atoms with Crippen molar-refractivity contribution in [3.05, 3.63) is 50.2 Å². The number of hydrogen-bond donors (Lipinski definition) is 0. The first kappa shape index (κ1) is 17.1. The van der Waals surface area contributed by atoms with Crippen molar-refractivity contribution in [1.82, 2.24) is 14.6 Å². The quantitative estimate of drug-likeness (QED) is 0.380. The molecule has 4 nitrogen and oxygen atoms in total. The van der Waals surface area contributed by atoms with Crippen molar-refractivity contribution in [2.75, 3.05) is 0 Å². The van der Waals surface area contributed by atoms with Crippen LogP contribution in [-0.2, 0) is 12.8 Å². The van der Waals surface area contributed by atoms with Crippen LogP contribution in [-0.4, -0.2) is 14.6 Å². The summed E-state index contributed by atoms with van der Waals surface area (Å²) in [4.78, 5) is 20.3. The first-order chi connectivity index (χ1) is 12.8. The predicted octanol–water partition coefficient (Wildman–Crippen LogP) is 5.26. The molecule has 4 aromatic rings. The summed E-state index contributed by atoms with van der Waals surface area (Å²) in [6, 6.07) is 7.70. The highest BCUT2D eigenvalue weighted by atomic mass is 35.5.